The maximum absolute atomic E-state index is 11.9. The van der Waals surface area contributed by atoms with Gasteiger partial charge in [-0.05, 0) is 35.2 Å². The first-order valence-electron chi connectivity index (χ1n) is 7.69. The van der Waals surface area contributed by atoms with Crippen molar-refractivity contribution in [3.8, 4) is 11.5 Å². The molecule has 126 valence electrons. The molecule has 0 unspecified atom stereocenters. The fourth-order valence-electron chi connectivity index (χ4n) is 2.39. The Morgan fingerprint density at radius 3 is 2.64 bits per heavy atom. The summed E-state index contributed by atoms with van der Waals surface area (Å²) < 4.78 is 0. The number of amides is 1. The molecule has 6 nitrogen and oxygen atoms in total. The Bertz CT molecular complexity index is 933. The third-order valence-electron chi connectivity index (χ3n) is 3.63. The Morgan fingerprint density at radius 2 is 1.80 bits per heavy atom. The van der Waals surface area contributed by atoms with Crippen molar-refractivity contribution >= 4 is 28.6 Å². The average Bonchev–Trinajstić information content (AvgIpc) is 2.63. The number of nitrogens with zero attached hydrogens (tertiary/aromatic N) is 1. The lowest BCUT2D eigenvalue weighted by Gasteiger charge is -2.08. The number of anilines is 1. The Morgan fingerprint density at radius 1 is 1.00 bits per heavy atom. The second-order valence-corrected chi connectivity index (χ2v) is 5.42. The smallest absolute Gasteiger partial charge is 0.259 e. The molecule has 3 rings (SSSR count). The molecule has 0 aliphatic carbocycles. The molecule has 0 radical (unpaired) electrons. The molecule has 25 heavy (non-hydrogen) atoms. The summed E-state index contributed by atoms with van der Waals surface area (Å²) in [5.74, 6) is -0.749. The largest absolute Gasteiger partial charge is 0.504 e. The molecule has 3 aromatic carbocycles. The summed E-state index contributed by atoms with van der Waals surface area (Å²) in [6.07, 6.45) is 1.38. The van der Waals surface area contributed by atoms with E-state index in [4.69, 9.17) is 0 Å². The first kappa shape index (κ1) is 16.3. The van der Waals surface area contributed by atoms with Crippen molar-refractivity contribution in [2.45, 2.75) is 0 Å². The number of rotatable bonds is 5. The number of benzene rings is 3. The van der Waals surface area contributed by atoms with Crippen LogP contribution < -0.4 is 10.7 Å². The number of carbonyl (C=O) groups is 1. The van der Waals surface area contributed by atoms with E-state index in [1.807, 2.05) is 42.5 Å². The van der Waals surface area contributed by atoms with Gasteiger partial charge in [-0.1, -0.05) is 36.4 Å². The highest BCUT2D eigenvalue weighted by Crippen LogP contribution is 2.24. The molecule has 0 saturated heterocycles. The maximum atomic E-state index is 11.9. The number of fused-ring (bicyclic) bond motifs is 1. The van der Waals surface area contributed by atoms with Gasteiger partial charge >= 0.3 is 0 Å². The van der Waals surface area contributed by atoms with Crippen LogP contribution in [0.1, 0.15) is 5.56 Å². The molecular formula is C19H17N3O3. The molecule has 1 amide bonds. The van der Waals surface area contributed by atoms with Crippen molar-refractivity contribution in [3.63, 3.8) is 0 Å². The van der Waals surface area contributed by atoms with E-state index >= 15 is 0 Å². The summed E-state index contributed by atoms with van der Waals surface area (Å²) in [7, 11) is 0. The maximum Gasteiger partial charge on any atom is 0.259 e. The SMILES string of the molecule is O=C(CNc1cccc2ccccc12)N/N=C\c1ccc(O)c(O)c1. The minimum Gasteiger partial charge on any atom is -0.504 e. The van der Waals surface area contributed by atoms with Crippen LogP contribution in [-0.4, -0.2) is 28.9 Å². The summed E-state index contributed by atoms with van der Waals surface area (Å²) in [6, 6.07) is 18.0. The van der Waals surface area contributed by atoms with Gasteiger partial charge in [0.2, 0.25) is 0 Å². The van der Waals surface area contributed by atoms with Crippen molar-refractivity contribution in [1.29, 1.82) is 0 Å². The van der Waals surface area contributed by atoms with Gasteiger partial charge < -0.3 is 15.5 Å². The standard InChI is InChI=1S/C19H17N3O3/c23-17-9-8-13(10-18(17)24)11-21-22-19(25)12-20-16-7-3-5-14-4-1-2-6-15(14)16/h1-11,20,23-24H,12H2,(H,22,25)/b21-11-. The molecule has 0 aromatic heterocycles. The number of phenols is 2. The number of nitrogens with one attached hydrogen (secondary N) is 2. The molecule has 0 fully saturated rings. The first-order valence-corrected chi connectivity index (χ1v) is 7.69. The van der Waals surface area contributed by atoms with Crippen LogP contribution in [0.4, 0.5) is 5.69 Å². The van der Waals surface area contributed by atoms with E-state index in [2.05, 4.69) is 15.8 Å². The van der Waals surface area contributed by atoms with Gasteiger partial charge in [-0.15, -0.1) is 0 Å². The highest BCUT2D eigenvalue weighted by atomic mass is 16.3. The highest BCUT2D eigenvalue weighted by molar-refractivity contribution is 5.95. The Hall–Kier alpha value is -3.54. The highest BCUT2D eigenvalue weighted by Gasteiger charge is 2.03. The van der Waals surface area contributed by atoms with Gasteiger partial charge in [0, 0.05) is 11.1 Å². The van der Waals surface area contributed by atoms with Gasteiger partial charge in [0.15, 0.2) is 11.5 Å². The average molecular weight is 335 g/mol. The van der Waals surface area contributed by atoms with E-state index < -0.39 is 0 Å². The summed E-state index contributed by atoms with van der Waals surface area (Å²) in [6.45, 7) is 0.0756. The van der Waals surface area contributed by atoms with Gasteiger partial charge in [0.05, 0.1) is 12.8 Å². The lowest BCUT2D eigenvalue weighted by molar-refractivity contribution is -0.119. The lowest BCUT2D eigenvalue weighted by Crippen LogP contribution is -2.25. The van der Waals surface area contributed by atoms with Crippen LogP contribution in [0.5, 0.6) is 11.5 Å². The lowest BCUT2D eigenvalue weighted by atomic mass is 10.1. The molecule has 0 aliphatic heterocycles. The minimum absolute atomic E-state index is 0.0756. The predicted octanol–water partition coefficient (Wildman–Crippen LogP) is 2.81. The van der Waals surface area contributed by atoms with Crippen LogP contribution in [0, 0.1) is 0 Å². The van der Waals surface area contributed by atoms with Crippen molar-refractivity contribution < 1.29 is 15.0 Å². The molecular weight excluding hydrogens is 318 g/mol. The van der Waals surface area contributed by atoms with Crippen LogP contribution in [0.15, 0.2) is 65.8 Å². The summed E-state index contributed by atoms with van der Waals surface area (Å²) in [5, 5.41) is 27.7. The third kappa shape index (κ3) is 4.06. The normalized spacial score (nSPS) is 10.9. The monoisotopic (exact) mass is 335 g/mol. The zero-order chi connectivity index (χ0) is 17.6. The van der Waals surface area contributed by atoms with E-state index in [0.29, 0.717) is 5.56 Å². The van der Waals surface area contributed by atoms with Crippen LogP contribution in [0.2, 0.25) is 0 Å². The van der Waals surface area contributed by atoms with Gasteiger partial charge in [-0.3, -0.25) is 4.79 Å². The molecule has 0 spiro atoms. The van der Waals surface area contributed by atoms with Gasteiger partial charge in [0.25, 0.3) is 5.91 Å². The van der Waals surface area contributed by atoms with Crippen LogP contribution in [-0.2, 0) is 4.79 Å². The number of aromatic hydroxyl groups is 2. The molecule has 3 aromatic rings. The number of carbonyl (C=O) groups excluding carboxylic acids is 1. The number of phenolic OH excluding ortho intramolecular Hbond substituents is 2. The molecule has 4 N–H and O–H groups in total. The van der Waals surface area contributed by atoms with E-state index in [1.165, 1.54) is 18.3 Å². The van der Waals surface area contributed by atoms with E-state index in [9.17, 15) is 15.0 Å². The van der Waals surface area contributed by atoms with E-state index in [0.717, 1.165) is 16.5 Å². The third-order valence-corrected chi connectivity index (χ3v) is 3.63. The molecule has 0 aliphatic rings. The predicted molar refractivity (Wildman–Crippen MR) is 97.9 cm³/mol. The van der Waals surface area contributed by atoms with E-state index in [-0.39, 0.29) is 24.0 Å². The topological polar surface area (TPSA) is 94.0 Å². The van der Waals surface area contributed by atoms with Crippen molar-refractivity contribution in [3.05, 3.63) is 66.2 Å². The first-order chi connectivity index (χ1) is 12.1. The quantitative estimate of drug-likeness (QED) is 0.328. The second-order valence-electron chi connectivity index (χ2n) is 5.42. The Labute approximate surface area is 144 Å². The summed E-state index contributed by atoms with van der Waals surface area (Å²) >= 11 is 0. The number of hydrazone groups is 1. The van der Waals surface area contributed by atoms with Gasteiger partial charge in [-0.25, -0.2) is 5.43 Å². The zero-order valence-corrected chi connectivity index (χ0v) is 13.3. The summed E-state index contributed by atoms with van der Waals surface area (Å²) in [4.78, 5) is 11.9. The summed E-state index contributed by atoms with van der Waals surface area (Å²) in [5.41, 5.74) is 3.84. The Kier molecular flexibility index (Phi) is 4.80. The molecule has 0 bridgehead atoms. The molecule has 0 saturated carbocycles. The van der Waals surface area contributed by atoms with Gasteiger partial charge in [0.1, 0.15) is 0 Å². The van der Waals surface area contributed by atoms with Crippen LogP contribution >= 0.6 is 0 Å². The second kappa shape index (κ2) is 7.35. The molecule has 0 atom stereocenters. The number of hydrogen-bond donors (Lipinski definition) is 4. The minimum atomic E-state index is -0.299. The van der Waals surface area contributed by atoms with Crippen LogP contribution in [0.25, 0.3) is 10.8 Å². The van der Waals surface area contributed by atoms with Crippen molar-refractivity contribution in [1.82, 2.24) is 5.43 Å². The zero-order valence-electron chi connectivity index (χ0n) is 13.3. The van der Waals surface area contributed by atoms with Gasteiger partial charge in [-0.2, -0.15) is 5.10 Å². The molecule has 0 heterocycles. The van der Waals surface area contributed by atoms with E-state index in [1.54, 1.807) is 6.07 Å². The van der Waals surface area contributed by atoms with Crippen molar-refractivity contribution in [2.24, 2.45) is 5.10 Å². The number of hydrogen-bond acceptors (Lipinski definition) is 5. The molecule has 6 heteroatoms. The fourth-order valence-corrected chi connectivity index (χ4v) is 2.39. The van der Waals surface area contributed by atoms with Crippen molar-refractivity contribution in [2.75, 3.05) is 11.9 Å². The van der Waals surface area contributed by atoms with Crippen LogP contribution in [0.3, 0.4) is 0 Å². The fraction of sp³-hybridized carbons (Fsp3) is 0.0526. The Balaban J connectivity index is 1.57.